The number of carbonyl (C=O) groups excluding carboxylic acids is 1. The molecule has 1 saturated heterocycles. The van der Waals surface area contributed by atoms with E-state index in [4.69, 9.17) is 5.26 Å². The molecule has 2 aromatic rings. The molecule has 2 aromatic carbocycles. The largest absolute Gasteiger partial charge is 0.416 e. The van der Waals surface area contributed by atoms with E-state index in [9.17, 15) is 18.0 Å². The van der Waals surface area contributed by atoms with Crippen LogP contribution in [0.15, 0.2) is 48.5 Å². The van der Waals surface area contributed by atoms with Gasteiger partial charge in [-0.2, -0.15) is 18.4 Å². The zero-order valence-electron chi connectivity index (χ0n) is 19.4. The number of carbonyl (C=O) groups is 1. The van der Waals surface area contributed by atoms with Crippen LogP contribution in [0.25, 0.3) is 0 Å². The summed E-state index contributed by atoms with van der Waals surface area (Å²) >= 11 is 0. The van der Waals surface area contributed by atoms with Gasteiger partial charge < -0.3 is 20.9 Å². The topological polar surface area (TPSA) is 80.2 Å². The van der Waals surface area contributed by atoms with Crippen LogP contribution in [0.2, 0.25) is 0 Å². The van der Waals surface area contributed by atoms with E-state index in [1.54, 1.807) is 0 Å². The summed E-state index contributed by atoms with van der Waals surface area (Å²) in [6.45, 7) is 1.82. The Bertz CT molecular complexity index is 1030. The summed E-state index contributed by atoms with van der Waals surface area (Å²) in [7, 11) is 0. The van der Waals surface area contributed by atoms with E-state index < -0.39 is 17.8 Å². The molecule has 0 radical (unpaired) electrons. The maximum Gasteiger partial charge on any atom is 0.416 e. The van der Waals surface area contributed by atoms with Gasteiger partial charge in [-0.15, -0.1) is 0 Å². The molecule has 0 spiro atoms. The van der Waals surface area contributed by atoms with Crippen LogP contribution >= 0.6 is 0 Å². The van der Waals surface area contributed by atoms with Gasteiger partial charge in [0.2, 0.25) is 0 Å². The molecule has 9 heteroatoms. The Morgan fingerprint density at radius 3 is 2.29 bits per heavy atom. The van der Waals surface area contributed by atoms with Crippen molar-refractivity contribution in [1.82, 2.24) is 10.6 Å². The Labute approximate surface area is 203 Å². The number of nitrogens with one attached hydrogen (secondary N) is 3. The maximum absolute atomic E-state index is 12.8. The summed E-state index contributed by atoms with van der Waals surface area (Å²) in [5, 5.41) is 18.5. The smallest absolute Gasteiger partial charge is 0.370 e. The molecule has 1 aliphatic carbocycles. The molecule has 1 saturated carbocycles. The van der Waals surface area contributed by atoms with Gasteiger partial charge in [0.25, 0.3) is 0 Å². The molecule has 2 amide bonds. The summed E-state index contributed by atoms with van der Waals surface area (Å²) in [5.41, 5.74) is 1.32. The van der Waals surface area contributed by atoms with E-state index in [-0.39, 0.29) is 18.1 Å². The first-order valence-electron chi connectivity index (χ1n) is 12.1. The van der Waals surface area contributed by atoms with Crippen molar-refractivity contribution in [3.8, 4) is 6.07 Å². The fourth-order valence-corrected chi connectivity index (χ4v) is 4.98. The van der Waals surface area contributed by atoms with Crippen molar-refractivity contribution >= 4 is 17.4 Å². The monoisotopic (exact) mass is 485 g/mol. The molecule has 0 bridgehead atoms. The van der Waals surface area contributed by atoms with Crippen molar-refractivity contribution in [1.29, 1.82) is 5.26 Å². The van der Waals surface area contributed by atoms with E-state index in [1.165, 1.54) is 12.1 Å². The van der Waals surface area contributed by atoms with Crippen LogP contribution in [0.3, 0.4) is 0 Å². The highest BCUT2D eigenvalue weighted by Crippen LogP contribution is 2.30. The third-order valence-corrected chi connectivity index (χ3v) is 6.79. The molecule has 3 atom stereocenters. The normalized spacial score (nSPS) is 22.8. The Morgan fingerprint density at radius 1 is 0.943 bits per heavy atom. The molecular formula is C26H30F3N5O. The molecule has 1 heterocycles. The number of rotatable bonds is 5. The lowest BCUT2D eigenvalue weighted by Gasteiger charge is -2.40. The zero-order valence-corrected chi connectivity index (χ0v) is 19.4. The van der Waals surface area contributed by atoms with Gasteiger partial charge in [0.15, 0.2) is 0 Å². The molecular weight excluding hydrogens is 455 g/mol. The molecule has 3 N–H and O–H groups in total. The predicted molar refractivity (Wildman–Crippen MR) is 129 cm³/mol. The van der Waals surface area contributed by atoms with Crippen molar-refractivity contribution < 1.29 is 18.0 Å². The fraction of sp³-hybridized carbons (Fsp3) is 0.462. The molecule has 186 valence electrons. The lowest BCUT2D eigenvalue weighted by molar-refractivity contribution is -0.137. The first-order chi connectivity index (χ1) is 16.8. The molecule has 35 heavy (non-hydrogen) atoms. The summed E-state index contributed by atoms with van der Waals surface area (Å²) < 4.78 is 38.3. The van der Waals surface area contributed by atoms with Crippen molar-refractivity contribution in [2.45, 2.75) is 62.8 Å². The van der Waals surface area contributed by atoms with Gasteiger partial charge in [0.05, 0.1) is 17.2 Å². The minimum atomic E-state index is -4.41. The van der Waals surface area contributed by atoms with Crippen molar-refractivity contribution in [3.05, 3.63) is 59.7 Å². The number of benzene rings is 2. The van der Waals surface area contributed by atoms with Gasteiger partial charge in [-0.05, 0) is 74.2 Å². The number of nitriles is 1. The third-order valence-electron chi connectivity index (χ3n) is 6.79. The van der Waals surface area contributed by atoms with Crippen LogP contribution in [0, 0.1) is 11.3 Å². The van der Waals surface area contributed by atoms with Gasteiger partial charge in [-0.3, -0.25) is 0 Å². The highest BCUT2D eigenvalue weighted by molar-refractivity contribution is 5.89. The lowest BCUT2D eigenvalue weighted by Crippen LogP contribution is -2.57. The molecule has 0 aromatic heterocycles. The highest BCUT2D eigenvalue weighted by atomic mass is 19.4. The van der Waals surface area contributed by atoms with E-state index in [1.807, 2.05) is 24.3 Å². The number of amides is 2. The van der Waals surface area contributed by atoms with Gasteiger partial charge in [-0.1, -0.05) is 12.8 Å². The third kappa shape index (κ3) is 6.67. The summed E-state index contributed by atoms with van der Waals surface area (Å²) in [6.07, 6.45) is 1.61. The molecule has 2 aliphatic rings. The van der Waals surface area contributed by atoms with Crippen LogP contribution in [0.5, 0.6) is 0 Å². The van der Waals surface area contributed by atoms with Crippen LogP contribution in [-0.2, 0) is 6.18 Å². The second-order valence-corrected chi connectivity index (χ2v) is 9.28. The molecule has 1 aliphatic heterocycles. The van der Waals surface area contributed by atoms with Crippen LogP contribution in [0.4, 0.5) is 29.3 Å². The second kappa shape index (κ2) is 11.0. The van der Waals surface area contributed by atoms with Gasteiger partial charge in [0, 0.05) is 42.6 Å². The average Bonchev–Trinajstić information content (AvgIpc) is 2.85. The van der Waals surface area contributed by atoms with E-state index in [0.29, 0.717) is 11.3 Å². The Hall–Kier alpha value is -3.25. The lowest BCUT2D eigenvalue weighted by atomic mass is 9.89. The van der Waals surface area contributed by atoms with E-state index in [2.05, 4.69) is 26.9 Å². The number of hydrogen-bond acceptors (Lipinski definition) is 4. The Balaban J connectivity index is 1.32. The van der Waals surface area contributed by atoms with Gasteiger partial charge >= 0.3 is 12.2 Å². The first kappa shape index (κ1) is 24.9. The quantitative estimate of drug-likeness (QED) is 0.539. The SMILES string of the molecule is N#Cc1ccc(N2CCCC(N[C@@H]3CCCC[C@H]3NC(=O)Nc3ccc(C(F)(F)F)cc3)C2)cc1. The van der Waals surface area contributed by atoms with Crippen LogP contribution in [0.1, 0.15) is 49.7 Å². The summed E-state index contributed by atoms with van der Waals surface area (Å²) in [6, 6.07) is 14.2. The standard InChI is InChI=1S/C26H30F3N5O/c27-26(28,29)19-9-11-20(12-10-19)32-25(35)33-24-6-2-1-5-23(24)31-21-4-3-15-34(17-21)22-13-7-18(16-30)8-14-22/h7-14,21,23-24,31H,1-6,15,17H2,(H2,32,33,35)/t21?,23-,24-/m1/s1. The summed E-state index contributed by atoms with van der Waals surface area (Å²) in [4.78, 5) is 14.9. The Kier molecular flexibility index (Phi) is 7.81. The predicted octanol–water partition coefficient (Wildman–Crippen LogP) is 5.27. The number of anilines is 2. The number of alkyl halides is 3. The van der Waals surface area contributed by atoms with Crippen molar-refractivity contribution in [3.63, 3.8) is 0 Å². The minimum absolute atomic E-state index is 0.0523. The first-order valence-corrected chi connectivity index (χ1v) is 12.1. The number of nitrogens with zero attached hydrogens (tertiary/aromatic N) is 2. The number of hydrogen-bond donors (Lipinski definition) is 3. The second-order valence-electron chi connectivity index (χ2n) is 9.28. The molecule has 4 rings (SSSR count). The van der Waals surface area contributed by atoms with Crippen molar-refractivity contribution in [2.24, 2.45) is 0 Å². The van der Waals surface area contributed by atoms with Crippen molar-refractivity contribution in [2.75, 3.05) is 23.3 Å². The minimum Gasteiger partial charge on any atom is -0.370 e. The maximum atomic E-state index is 12.8. The van der Waals surface area contributed by atoms with Gasteiger partial charge in [0.1, 0.15) is 0 Å². The van der Waals surface area contributed by atoms with Crippen LogP contribution < -0.4 is 20.9 Å². The number of piperidine rings is 1. The summed E-state index contributed by atoms with van der Waals surface area (Å²) in [5.74, 6) is 0. The number of urea groups is 1. The molecule has 1 unspecified atom stereocenters. The fourth-order valence-electron chi connectivity index (χ4n) is 4.98. The number of halogens is 3. The van der Waals surface area contributed by atoms with Gasteiger partial charge in [-0.25, -0.2) is 4.79 Å². The van der Waals surface area contributed by atoms with E-state index >= 15 is 0 Å². The highest BCUT2D eigenvalue weighted by Gasteiger charge is 2.31. The molecule has 6 nitrogen and oxygen atoms in total. The van der Waals surface area contributed by atoms with Crippen LogP contribution in [-0.4, -0.2) is 37.2 Å². The molecule has 2 fully saturated rings. The Morgan fingerprint density at radius 2 is 1.63 bits per heavy atom. The zero-order chi connectivity index (χ0) is 24.8. The average molecular weight is 486 g/mol. The van der Waals surface area contributed by atoms with E-state index in [0.717, 1.165) is 69.4 Å².